The first-order valence-corrected chi connectivity index (χ1v) is 14.4. The summed E-state index contributed by atoms with van der Waals surface area (Å²) in [7, 11) is 1.61. The number of nitrogens with two attached hydrogens (primary N) is 1. The van der Waals surface area contributed by atoms with Crippen LogP contribution in [0.5, 0.6) is 0 Å². The maximum Gasteiger partial charge on any atom is 0.242 e. The molecule has 222 valence electrons. The van der Waals surface area contributed by atoms with Crippen molar-refractivity contribution in [1.29, 1.82) is 0 Å². The van der Waals surface area contributed by atoms with Gasteiger partial charge in [-0.05, 0) is 35.7 Å². The molecule has 4 atom stereocenters. The molecule has 0 spiro atoms. The number of rotatable bonds is 11. The van der Waals surface area contributed by atoms with Crippen molar-refractivity contribution in [1.82, 2.24) is 14.6 Å². The second kappa shape index (κ2) is 13.0. The maximum absolute atomic E-state index is 6.75. The average Bonchev–Trinajstić information content (AvgIpc) is 3.48. The zero-order valence-corrected chi connectivity index (χ0v) is 24.3. The highest BCUT2D eigenvalue weighted by atomic mass is 16.7. The summed E-state index contributed by atoms with van der Waals surface area (Å²) in [5.41, 5.74) is 10.6. The number of anilines is 1. The summed E-state index contributed by atoms with van der Waals surface area (Å²) in [5, 5.41) is 4.67. The van der Waals surface area contributed by atoms with E-state index in [1.807, 2.05) is 103 Å². The molecule has 0 radical (unpaired) electrons. The van der Waals surface area contributed by atoms with Gasteiger partial charge in [0.05, 0.1) is 26.4 Å². The van der Waals surface area contributed by atoms with E-state index in [9.17, 15) is 0 Å². The number of hydrogen-bond acceptors (Lipinski definition) is 8. The van der Waals surface area contributed by atoms with Crippen molar-refractivity contribution < 1.29 is 23.7 Å². The van der Waals surface area contributed by atoms with Crippen LogP contribution in [0, 0.1) is 6.92 Å². The van der Waals surface area contributed by atoms with Crippen LogP contribution in [-0.2, 0) is 49.3 Å². The van der Waals surface area contributed by atoms with Gasteiger partial charge in [0.2, 0.25) is 5.79 Å². The third kappa shape index (κ3) is 6.17. The molecule has 5 aromatic rings. The monoisotopic (exact) mass is 580 g/mol. The van der Waals surface area contributed by atoms with E-state index in [1.165, 1.54) is 0 Å². The summed E-state index contributed by atoms with van der Waals surface area (Å²) >= 11 is 0. The van der Waals surface area contributed by atoms with Crippen molar-refractivity contribution in [3.8, 4) is 0 Å². The predicted octanol–water partition coefficient (Wildman–Crippen LogP) is 5.21. The maximum atomic E-state index is 6.75. The van der Waals surface area contributed by atoms with Crippen LogP contribution in [-0.4, -0.2) is 46.6 Å². The Hall–Kier alpha value is -4.12. The standard InChI is InChI=1S/C34H36N4O5/c1-24-36-33(35)28-18-19-30(38(28)37-24)34(39-2)32(42-22-27-16-10-5-11-17-27)31(41-21-26-14-8-4-9-15-26)29(23-43-34)40-20-25-12-6-3-7-13-25/h3-19,29,31-32H,20-23H2,1-2H3,(H2,35,36,37)/t29-,31-,32-,34?/m1/s1. The first-order valence-electron chi connectivity index (χ1n) is 14.4. The lowest BCUT2D eigenvalue weighted by atomic mass is 9.93. The van der Waals surface area contributed by atoms with Crippen LogP contribution in [0.4, 0.5) is 5.82 Å². The molecule has 9 heteroatoms. The molecule has 0 aliphatic carbocycles. The van der Waals surface area contributed by atoms with Crippen molar-refractivity contribution in [2.75, 3.05) is 19.5 Å². The van der Waals surface area contributed by atoms with E-state index in [4.69, 9.17) is 29.4 Å². The van der Waals surface area contributed by atoms with E-state index in [1.54, 1.807) is 18.5 Å². The number of hydrogen-bond donors (Lipinski definition) is 1. The topological polar surface area (TPSA) is 102 Å². The number of methoxy groups -OCH3 is 1. The zero-order valence-electron chi connectivity index (χ0n) is 24.3. The molecule has 43 heavy (non-hydrogen) atoms. The molecule has 1 aliphatic heterocycles. The van der Waals surface area contributed by atoms with Gasteiger partial charge in [-0.1, -0.05) is 91.0 Å². The normalized spacial score (nSPS) is 22.1. The minimum atomic E-state index is -1.40. The van der Waals surface area contributed by atoms with Gasteiger partial charge in [-0.3, -0.25) is 0 Å². The Kier molecular flexibility index (Phi) is 8.78. The van der Waals surface area contributed by atoms with Gasteiger partial charge in [0, 0.05) is 7.11 Å². The molecule has 1 saturated heterocycles. The Morgan fingerprint density at radius 1 is 0.791 bits per heavy atom. The molecule has 0 bridgehead atoms. The average molecular weight is 581 g/mol. The Bertz CT molecular complexity index is 1620. The third-order valence-electron chi connectivity index (χ3n) is 7.67. The number of fused-ring (bicyclic) bond motifs is 1. The molecule has 2 N–H and O–H groups in total. The van der Waals surface area contributed by atoms with Crippen LogP contribution >= 0.6 is 0 Å². The highest BCUT2D eigenvalue weighted by Crippen LogP contribution is 2.42. The third-order valence-corrected chi connectivity index (χ3v) is 7.67. The second-order valence-electron chi connectivity index (χ2n) is 10.6. The van der Waals surface area contributed by atoms with Crippen LogP contribution in [0.2, 0.25) is 0 Å². The van der Waals surface area contributed by atoms with Gasteiger partial charge >= 0.3 is 0 Å². The fourth-order valence-corrected chi connectivity index (χ4v) is 5.53. The summed E-state index contributed by atoms with van der Waals surface area (Å²) in [5.74, 6) is -0.515. The van der Waals surface area contributed by atoms with Crippen molar-refractivity contribution in [3.05, 3.63) is 131 Å². The van der Waals surface area contributed by atoms with Crippen LogP contribution in [0.1, 0.15) is 28.2 Å². The smallest absolute Gasteiger partial charge is 0.242 e. The van der Waals surface area contributed by atoms with Crippen LogP contribution < -0.4 is 5.73 Å². The molecule has 1 unspecified atom stereocenters. The molecule has 1 aliphatic rings. The Labute approximate surface area is 251 Å². The van der Waals surface area contributed by atoms with Gasteiger partial charge in [-0.15, -0.1) is 0 Å². The number of benzene rings is 3. The summed E-state index contributed by atoms with van der Waals surface area (Å²) < 4.78 is 34.6. The minimum absolute atomic E-state index is 0.193. The lowest BCUT2D eigenvalue weighted by molar-refractivity contribution is -0.362. The van der Waals surface area contributed by atoms with Gasteiger partial charge in [-0.25, -0.2) is 9.50 Å². The van der Waals surface area contributed by atoms with Crippen LogP contribution in [0.25, 0.3) is 5.52 Å². The molecule has 2 aromatic heterocycles. The van der Waals surface area contributed by atoms with E-state index >= 15 is 0 Å². The Balaban J connectivity index is 1.41. The Morgan fingerprint density at radius 2 is 1.35 bits per heavy atom. The van der Waals surface area contributed by atoms with Gasteiger partial charge in [0.1, 0.15) is 35.3 Å². The zero-order chi connectivity index (χ0) is 29.6. The minimum Gasteiger partial charge on any atom is -0.382 e. The quantitative estimate of drug-likeness (QED) is 0.227. The lowest BCUT2D eigenvalue weighted by Crippen LogP contribution is -2.62. The highest BCUT2D eigenvalue weighted by Gasteiger charge is 2.56. The van der Waals surface area contributed by atoms with E-state index in [0.717, 1.165) is 16.7 Å². The van der Waals surface area contributed by atoms with E-state index in [0.29, 0.717) is 42.7 Å². The van der Waals surface area contributed by atoms with Crippen molar-refractivity contribution in [3.63, 3.8) is 0 Å². The molecule has 1 fully saturated rings. The molecule has 3 aromatic carbocycles. The number of aryl methyl sites for hydroxylation is 1. The summed E-state index contributed by atoms with van der Waals surface area (Å²) in [6, 6.07) is 33.8. The van der Waals surface area contributed by atoms with Crippen LogP contribution in [0.3, 0.4) is 0 Å². The molecule has 0 amide bonds. The number of aromatic nitrogens is 3. The van der Waals surface area contributed by atoms with Gasteiger partial charge in [0.25, 0.3) is 0 Å². The largest absolute Gasteiger partial charge is 0.382 e. The number of nitrogens with zero attached hydrogens (tertiary/aromatic N) is 3. The van der Waals surface area contributed by atoms with Gasteiger partial charge < -0.3 is 29.4 Å². The van der Waals surface area contributed by atoms with Gasteiger partial charge in [0.15, 0.2) is 5.82 Å². The second-order valence-corrected chi connectivity index (χ2v) is 10.6. The van der Waals surface area contributed by atoms with Gasteiger partial charge in [-0.2, -0.15) is 5.10 Å². The summed E-state index contributed by atoms with van der Waals surface area (Å²) in [6.45, 7) is 3.03. The molecule has 9 nitrogen and oxygen atoms in total. The lowest BCUT2D eigenvalue weighted by Gasteiger charge is -2.48. The summed E-state index contributed by atoms with van der Waals surface area (Å²) in [4.78, 5) is 4.34. The van der Waals surface area contributed by atoms with Crippen molar-refractivity contribution in [2.45, 2.75) is 50.8 Å². The Morgan fingerprint density at radius 3 is 1.93 bits per heavy atom. The molecule has 6 rings (SSSR count). The molecular weight excluding hydrogens is 544 g/mol. The van der Waals surface area contributed by atoms with Crippen molar-refractivity contribution in [2.24, 2.45) is 0 Å². The van der Waals surface area contributed by atoms with E-state index in [2.05, 4.69) is 10.1 Å². The van der Waals surface area contributed by atoms with Crippen LogP contribution in [0.15, 0.2) is 103 Å². The first kappa shape index (κ1) is 29.0. The van der Waals surface area contributed by atoms with Crippen molar-refractivity contribution >= 4 is 11.3 Å². The molecular formula is C34H36N4O5. The molecule has 3 heterocycles. The van der Waals surface area contributed by atoms with E-state index in [-0.39, 0.29) is 6.61 Å². The molecule has 0 saturated carbocycles. The first-order chi connectivity index (χ1) is 21.1. The number of ether oxygens (including phenoxy) is 5. The number of nitrogen functional groups attached to an aromatic ring is 1. The highest BCUT2D eigenvalue weighted by molar-refractivity contribution is 5.66. The van der Waals surface area contributed by atoms with E-state index < -0.39 is 24.1 Å². The summed E-state index contributed by atoms with van der Waals surface area (Å²) in [6.07, 6.45) is -1.79. The fraction of sp³-hybridized carbons (Fsp3) is 0.294. The predicted molar refractivity (Wildman–Crippen MR) is 162 cm³/mol. The fourth-order valence-electron chi connectivity index (χ4n) is 5.53. The SMILES string of the molecule is COC1(c2ccc3c(N)nc(C)nn23)OC[C@@H](OCc2ccccc2)[C@@H](OCc2ccccc2)[C@H]1OCc1ccccc1.